The van der Waals surface area contributed by atoms with E-state index in [9.17, 15) is 5.11 Å². The van der Waals surface area contributed by atoms with E-state index in [2.05, 4.69) is 50.6 Å². The molecule has 2 radical (unpaired) electrons. The molecule has 1 aromatic heterocycles. The summed E-state index contributed by atoms with van der Waals surface area (Å²) in [5, 5.41) is 12.6. The molecule has 0 amide bonds. The Hall–Kier alpha value is -1.40. The molecule has 1 aromatic carbocycles. The predicted octanol–water partition coefficient (Wildman–Crippen LogP) is 1.56. The third kappa shape index (κ3) is 3.17. The van der Waals surface area contributed by atoms with Crippen molar-refractivity contribution in [2.24, 2.45) is 5.92 Å². The van der Waals surface area contributed by atoms with Gasteiger partial charge in [-0.15, -0.1) is 0 Å². The summed E-state index contributed by atoms with van der Waals surface area (Å²) >= 11 is -0.772. The van der Waals surface area contributed by atoms with Crippen LogP contribution in [0, 0.1) is 12.8 Å². The van der Waals surface area contributed by atoms with E-state index in [4.69, 9.17) is 0 Å². The van der Waals surface area contributed by atoms with E-state index in [1.54, 1.807) is 6.33 Å². The zero-order valence-electron chi connectivity index (χ0n) is 12.8. The minimum absolute atomic E-state index is 0.178. The fourth-order valence-electron chi connectivity index (χ4n) is 2.47. The Kier molecular flexibility index (Phi) is 4.78. The van der Waals surface area contributed by atoms with Crippen LogP contribution in [0.1, 0.15) is 23.6 Å². The van der Waals surface area contributed by atoms with Crippen molar-refractivity contribution in [1.82, 2.24) is 9.97 Å². The summed E-state index contributed by atoms with van der Waals surface area (Å²) in [6.45, 7) is 5.02. The number of hydrogen-bond acceptors (Lipinski definition) is 4. The van der Waals surface area contributed by atoms with Crippen molar-refractivity contribution >= 4 is 36.2 Å². The molecule has 1 atom stereocenters. The molecule has 0 saturated heterocycles. The van der Waals surface area contributed by atoms with Crippen LogP contribution in [0.3, 0.4) is 0 Å². The van der Waals surface area contributed by atoms with Crippen LogP contribution in [0.4, 0.5) is 5.82 Å². The van der Waals surface area contributed by atoms with Crippen molar-refractivity contribution in [3.05, 3.63) is 51.4 Å². The Morgan fingerprint density at radius 3 is 2.95 bits per heavy atom. The van der Waals surface area contributed by atoms with Crippen LogP contribution in [-0.4, -0.2) is 49.4 Å². The molecule has 1 unspecified atom stereocenters. The minimum atomic E-state index is -0.772. The summed E-state index contributed by atoms with van der Waals surface area (Å²) in [6, 6.07) is 8.58. The third-order valence-electron chi connectivity index (χ3n) is 3.73. The Morgan fingerprint density at radius 2 is 2.18 bits per heavy atom. The SMILES string of the molecule is Cc1cccc(C2=[CH][Sn][c]3ncnc(NCC(C)CO)c32)c1. The van der Waals surface area contributed by atoms with Gasteiger partial charge in [0.1, 0.15) is 0 Å². The van der Waals surface area contributed by atoms with Crippen LogP contribution in [0.2, 0.25) is 0 Å². The molecule has 2 aromatic rings. The Balaban J connectivity index is 1.94. The Morgan fingerprint density at radius 1 is 1.32 bits per heavy atom. The molecule has 0 aliphatic carbocycles. The van der Waals surface area contributed by atoms with Crippen LogP contribution < -0.4 is 9.03 Å². The van der Waals surface area contributed by atoms with E-state index < -0.39 is 21.1 Å². The third-order valence-corrected chi connectivity index (χ3v) is 6.83. The molecule has 22 heavy (non-hydrogen) atoms. The number of aryl methyl sites for hydroxylation is 1. The summed E-state index contributed by atoms with van der Waals surface area (Å²) in [5.41, 5.74) is 4.94. The van der Waals surface area contributed by atoms with Gasteiger partial charge in [0.25, 0.3) is 0 Å². The van der Waals surface area contributed by atoms with Crippen molar-refractivity contribution in [2.75, 3.05) is 18.5 Å². The molecule has 1 aliphatic heterocycles. The molecule has 3 rings (SSSR count). The van der Waals surface area contributed by atoms with Crippen molar-refractivity contribution < 1.29 is 5.11 Å². The van der Waals surface area contributed by atoms with Crippen molar-refractivity contribution in [3.63, 3.8) is 0 Å². The van der Waals surface area contributed by atoms with Crippen LogP contribution >= 0.6 is 0 Å². The molecule has 5 heteroatoms. The molecule has 1 aliphatic rings. The molecule has 0 bridgehead atoms. The summed E-state index contributed by atoms with van der Waals surface area (Å²) in [6.07, 6.45) is 1.65. The average molecular weight is 400 g/mol. The fourth-order valence-corrected chi connectivity index (χ4v) is 5.67. The topological polar surface area (TPSA) is 58.0 Å². The van der Waals surface area contributed by atoms with Crippen LogP contribution in [-0.2, 0) is 0 Å². The average Bonchev–Trinajstić information content (AvgIpc) is 2.97. The maximum absolute atomic E-state index is 9.19. The van der Waals surface area contributed by atoms with Gasteiger partial charge in [0.05, 0.1) is 0 Å². The number of aliphatic hydroxyl groups excluding tert-OH is 1. The Bertz CT molecular complexity index is 715. The summed E-state index contributed by atoms with van der Waals surface area (Å²) in [7, 11) is 0. The first-order chi connectivity index (χ1) is 10.7. The number of rotatable bonds is 5. The van der Waals surface area contributed by atoms with E-state index in [0.29, 0.717) is 6.54 Å². The van der Waals surface area contributed by atoms with Gasteiger partial charge in [-0.1, -0.05) is 0 Å². The predicted molar refractivity (Wildman–Crippen MR) is 90.4 cm³/mol. The van der Waals surface area contributed by atoms with E-state index in [1.165, 1.54) is 26.0 Å². The summed E-state index contributed by atoms with van der Waals surface area (Å²) < 4.78 is 3.62. The number of hydrogen-bond donors (Lipinski definition) is 2. The summed E-state index contributed by atoms with van der Waals surface area (Å²) in [5.74, 6) is 1.11. The van der Waals surface area contributed by atoms with E-state index >= 15 is 0 Å². The molecule has 4 nitrogen and oxygen atoms in total. The molecular weight excluding hydrogens is 381 g/mol. The van der Waals surface area contributed by atoms with Crippen LogP contribution in [0.25, 0.3) is 5.57 Å². The van der Waals surface area contributed by atoms with Crippen molar-refractivity contribution in [1.29, 1.82) is 0 Å². The van der Waals surface area contributed by atoms with E-state index in [1.807, 2.05) is 6.92 Å². The van der Waals surface area contributed by atoms with Crippen molar-refractivity contribution in [3.8, 4) is 0 Å². The molecular formula is C17H19N3OSn. The molecule has 0 spiro atoms. The van der Waals surface area contributed by atoms with Crippen molar-refractivity contribution in [2.45, 2.75) is 13.8 Å². The van der Waals surface area contributed by atoms with Gasteiger partial charge in [0, 0.05) is 0 Å². The number of fused-ring (bicyclic) bond motifs is 1. The van der Waals surface area contributed by atoms with Gasteiger partial charge in [-0.05, 0) is 0 Å². The first-order valence-electron chi connectivity index (χ1n) is 7.43. The number of nitrogens with zero attached hydrogens (tertiary/aromatic N) is 2. The van der Waals surface area contributed by atoms with Crippen LogP contribution in [0.5, 0.6) is 0 Å². The summed E-state index contributed by atoms with van der Waals surface area (Å²) in [4.78, 5) is 8.93. The van der Waals surface area contributed by atoms with E-state index in [-0.39, 0.29) is 12.5 Å². The van der Waals surface area contributed by atoms with Gasteiger partial charge in [0.2, 0.25) is 0 Å². The van der Waals surface area contributed by atoms with Gasteiger partial charge in [-0.3, -0.25) is 0 Å². The second-order valence-corrected chi connectivity index (χ2v) is 8.69. The molecule has 112 valence electrons. The Labute approximate surface area is 140 Å². The zero-order chi connectivity index (χ0) is 15.5. The number of nitrogens with one attached hydrogen (secondary N) is 1. The first-order valence-corrected chi connectivity index (χ1v) is 10.5. The second kappa shape index (κ2) is 6.79. The molecule has 0 saturated carbocycles. The first kappa shape index (κ1) is 15.5. The molecule has 0 fully saturated rings. The van der Waals surface area contributed by atoms with Gasteiger partial charge in [-0.25, -0.2) is 0 Å². The number of benzene rings is 1. The molecule has 2 N–H and O–H groups in total. The second-order valence-electron chi connectivity index (χ2n) is 5.69. The standard InChI is InChI=1S/C17H19N3O.Sn/c1-12-5-4-6-15(7-12)14(3)16-9-18-11-20-17(16)19-8-13(2)10-21;/h3-7,11,13,21H,8,10H2,1-2H3,(H,18,19,20);. The quantitative estimate of drug-likeness (QED) is 0.749. The monoisotopic (exact) mass is 401 g/mol. The number of aromatic nitrogens is 2. The van der Waals surface area contributed by atoms with Gasteiger partial charge in [-0.2, -0.15) is 0 Å². The van der Waals surface area contributed by atoms with Gasteiger partial charge >= 0.3 is 141 Å². The van der Waals surface area contributed by atoms with E-state index in [0.717, 1.165) is 5.82 Å². The van der Waals surface area contributed by atoms with Crippen LogP contribution in [0.15, 0.2) is 34.7 Å². The maximum atomic E-state index is 9.19. The number of aliphatic hydroxyl groups is 1. The molecule has 2 heterocycles. The normalized spacial score (nSPS) is 14.4. The van der Waals surface area contributed by atoms with Gasteiger partial charge in [0.15, 0.2) is 0 Å². The fraction of sp³-hybridized carbons (Fsp3) is 0.294. The van der Waals surface area contributed by atoms with Gasteiger partial charge < -0.3 is 0 Å². The number of anilines is 1. The zero-order valence-corrected chi connectivity index (χ0v) is 15.7.